The minimum Gasteiger partial charge on any atom is -0.469 e. The number of nitrogens with one attached hydrogen (secondary N) is 2. The van der Waals surface area contributed by atoms with Gasteiger partial charge in [-0.25, -0.2) is 5.43 Å². The minimum absolute atomic E-state index is 0.0319. The van der Waals surface area contributed by atoms with Crippen LogP contribution in [-0.4, -0.2) is 23.6 Å². The van der Waals surface area contributed by atoms with Gasteiger partial charge in [-0.3, -0.25) is 9.59 Å². The molecule has 2 N–H and O–H groups in total. The molecule has 0 saturated heterocycles. The van der Waals surface area contributed by atoms with E-state index in [1.165, 1.54) is 38.4 Å². The molecule has 1 saturated carbocycles. The number of furan rings is 1. The van der Waals surface area contributed by atoms with Crippen LogP contribution in [0.15, 0.2) is 21.8 Å². The summed E-state index contributed by atoms with van der Waals surface area (Å²) in [5, 5.41) is 7.10. The highest BCUT2D eigenvalue weighted by molar-refractivity contribution is 6.01. The molecule has 0 bridgehead atoms. The third kappa shape index (κ3) is 5.83. The van der Waals surface area contributed by atoms with Crippen LogP contribution in [0.4, 0.5) is 0 Å². The SMILES string of the molecule is C/C(CC(=O)NC1CCCCCCC1)=N\NC(=O)c1ccoc1C. The molecule has 132 valence electrons. The lowest BCUT2D eigenvalue weighted by atomic mass is 9.96. The molecule has 0 aliphatic heterocycles. The van der Waals surface area contributed by atoms with E-state index in [2.05, 4.69) is 15.8 Å². The van der Waals surface area contributed by atoms with Crippen molar-refractivity contribution in [1.29, 1.82) is 0 Å². The summed E-state index contributed by atoms with van der Waals surface area (Å²) in [6.07, 6.45) is 9.94. The average Bonchev–Trinajstić information content (AvgIpc) is 2.93. The molecule has 1 heterocycles. The summed E-state index contributed by atoms with van der Waals surface area (Å²) in [5.41, 5.74) is 3.49. The monoisotopic (exact) mass is 333 g/mol. The molecule has 0 spiro atoms. The molecule has 1 aliphatic rings. The lowest BCUT2D eigenvalue weighted by Gasteiger charge is -2.21. The summed E-state index contributed by atoms with van der Waals surface area (Å²) in [7, 11) is 0. The zero-order valence-electron chi connectivity index (χ0n) is 14.6. The maximum Gasteiger partial charge on any atom is 0.274 e. The number of amides is 2. The average molecular weight is 333 g/mol. The van der Waals surface area contributed by atoms with Gasteiger partial charge in [0.25, 0.3) is 5.91 Å². The van der Waals surface area contributed by atoms with Crippen LogP contribution in [0.5, 0.6) is 0 Å². The highest BCUT2D eigenvalue weighted by Gasteiger charge is 2.15. The van der Waals surface area contributed by atoms with Crippen LogP contribution in [0, 0.1) is 6.92 Å². The fourth-order valence-corrected chi connectivity index (χ4v) is 2.98. The van der Waals surface area contributed by atoms with Crippen LogP contribution < -0.4 is 10.7 Å². The van der Waals surface area contributed by atoms with Crippen molar-refractivity contribution in [3.63, 3.8) is 0 Å². The topological polar surface area (TPSA) is 83.7 Å². The van der Waals surface area contributed by atoms with Gasteiger partial charge in [-0.05, 0) is 32.8 Å². The number of rotatable bonds is 5. The van der Waals surface area contributed by atoms with Crippen molar-refractivity contribution in [1.82, 2.24) is 10.7 Å². The van der Waals surface area contributed by atoms with Gasteiger partial charge in [-0.15, -0.1) is 0 Å². The van der Waals surface area contributed by atoms with Gasteiger partial charge in [-0.2, -0.15) is 5.10 Å². The standard InChI is InChI=1S/C18H27N3O3/c1-13(20-21-18(23)16-10-11-24-14(16)2)12-17(22)19-15-8-6-4-3-5-7-9-15/h10-11,15H,3-9,12H2,1-2H3,(H,19,22)(H,21,23)/b20-13+. The summed E-state index contributed by atoms with van der Waals surface area (Å²) >= 11 is 0. The number of nitrogens with zero attached hydrogens (tertiary/aromatic N) is 1. The van der Waals surface area contributed by atoms with E-state index in [1.807, 2.05) is 0 Å². The Labute approximate surface area is 143 Å². The Hall–Kier alpha value is -2.11. The van der Waals surface area contributed by atoms with Crippen molar-refractivity contribution in [3.05, 3.63) is 23.7 Å². The van der Waals surface area contributed by atoms with E-state index in [0.717, 1.165) is 12.8 Å². The normalized spacial score (nSPS) is 17.0. The maximum absolute atomic E-state index is 12.1. The van der Waals surface area contributed by atoms with Crippen LogP contribution in [-0.2, 0) is 4.79 Å². The molecule has 0 aromatic carbocycles. The lowest BCUT2D eigenvalue weighted by Crippen LogP contribution is -2.36. The van der Waals surface area contributed by atoms with Gasteiger partial charge in [0.2, 0.25) is 5.91 Å². The molecule has 1 aliphatic carbocycles. The van der Waals surface area contributed by atoms with Crippen LogP contribution >= 0.6 is 0 Å². The van der Waals surface area contributed by atoms with Crippen LogP contribution in [0.3, 0.4) is 0 Å². The number of carbonyl (C=O) groups excluding carboxylic acids is 2. The number of carbonyl (C=O) groups is 2. The fourth-order valence-electron chi connectivity index (χ4n) is 2.98. The van der Waals surface area contributed by atoms with Crippen LogP contribution in [0.2, 0.25) is 0 Å². The van der Waals surface area contributed by atoms with Crippen LogP contribution in [0.1, 0.15) is 74.4 Å². The molecule has 2 amide bonds. The molecule has 1 aromatic rings. The molecular weight excluding hydrogens is 306 g/mol. The Bertz CT molecular complexity index is 584. The van der Waals surface area contributed by atoms with Gasteiger partial charge in [-0.1, -0.05) is 32.1 Å². The van der Waals surface area contributed by atoms with E-state index in [-0.39, 0.29) is 24.3 Å². The predicted molar refractivity (Wildman–Crippen MR) is 92.9 cm³/mol. The Balaban J connectivity index is 1.77. The molecule has 1 fully saturated rings. The highest BCUT2D eigenvalue weighted by atomic mass is 16.3. The molecule has 0 radical (unpaired) electrons. The van der Waals surface area contributed by atoms with E-state index < -0.39 is 0 Å². The smallest absolute Gasteiger partial charge is 0.274 e. The first-order valence-electron chi connectivity index (χ1n) is 8.73. The van der Waals surface area contributed by atoms with E-state index in [1.54, 1.807) is 19.9 Å². The summed E-state index contributed by atoms with van der Waals surface area (Å²) in [5.74, 6) is 0.180. The second-order valence-corrected chi connectivity index (χ2v) is 6.46. The third-order valence-electron chi connectivity index (χ3n) is 4.34. The molecule has 2 rings (SSSR count). The number of aryl methyl sites for hydroxylation is 1. The Kier molecular flexibility index (Phi) is 7.03. The van der Waals surface area contributed by atoms with Crippen molar-refractivity contribution in [2.75, 3.05) is 0 Å². The van der Waals surface area contributed by atoms with E-state index in [4.69, 9.17) is 4.42 Å². The van der Waals surface area contributed by atoms with E-state index in [9.17, 15) is 9.59 Å². The first kappa shape index (κ1) is 18.2. The first-order chi connectivity index (χ1) is 11.6. The molecule has 0 unspecified atom stereocenters. The Morgan fingerprint density at radius 3 is 2.50 bits per heavy atom. The Morgan fingerprint density at radius 1 is 1.21 bits per heavy atom. The minimum atomic E-state index is -0.332. The predicted octanol–water partition coefficient (Wildman–Crippen LogP) is 3.31. The molecule has 6 heteroatoms. The summed E-state index contributed by atoms with van der Waals surface area (Å²) < 4.78 is 5.09. The lowest BCUT2D eigenvalue weighted by molar-refractivity contribution is -0.120. The highest BCUT2D eigenvalue weighted by Crippen LogP contribution is 2.17. The summed E-state index contributed by atoms with van der Waals surface area (Å²) in [6, 6.07) is 1.87. The summed E-state index contributed by atoms with van der Waals surface area (Å²) in [6.45, 7) is 3.45. The van der Waals surface area contributed by atoms with Crippen LogP contribution in [0.25, 0.3) is 0 Å². The van der Waals surface area contributed by atoms with Crippen molar-refractivity contribution in [3.8, 4) is 0 Å². The van der Waals surface area contributed by atoms with Gasteiger partial charge < -0.3 is 9.73 Å². The van der Waals surface area contributed by atoms with Gasteiger partial charge in [0.1, 0.15) is 5.76 Å². The second-order valence-electron chi connectivity index (χ2n) is 6.46. The maximum atomic E-state index is 12.1. The molecule has 0 atom stereocenters. The van der Waals surface area contributed by atoms with Gasteiger partial charge in [0.05, 0.1) is 18.2 Å². The van der Waals surface area contributed by atoms with Crippen molar-refractivity contribution >= 4 is 17.5 Å². The van der Waals surface area contributed by atoms with Crippen molar-refractivity contribution in [2.45, 2.75) is 71.3 Å². The zero-order chi connectivity index (χ0) is 17.4. The molecule has 1 aromatic heterocycles. The Morgan fingerprint density at radius 2 is 1.88 bits per heavy atom. The molecule has 24 heavy (non-hydrogen) atoms. The first-order valence-corrected chi connectivity index (χ1v) is 8.73. The molecular formula is C18H27N3O3. The van der Waals surface area contributed by atoms with E-state index >= 15 is 0 Å². The number of hydrazone groups is 1. The number of hydrogen-bond acceptors (Lipinski definition) is 4. The van der Waals surface area contributed by atoms with Crippen molar-refractivity contribution in [2.24, 2.45) is 5.10 Å². The second kappa shape index (κ2) is 9.25. The van der Waals surface area contributed by atoms with Gasteiger partial charge in [0.15, 0.2) is 0 Å². The quantitative estimate of drug-likeness (QED) is 0.640. The fraction of sp³-hybridized carbons (Fsp3) is 0.611. The number of hydrogen-bond donors (Lipinski definition) is 2. The van der Waals surface area contributed by atoms with E-state index in [0.29, 0.717) is 17.0 Å². The van der Waals surface area contributed by atoms with Gasteiger partial charge in [0, 0.05) is 11.8 Å². The van der Waals surface area contributed by atoms with Gasteiger partial charge >= 0.3 is 0 Å². The van der Waals surface area contributed by atoms with Crippen molar-refractivity contribution < 1.29 is 14.0 Å². The zero-order valence-corrected chi connectivity index (χ0v) is 14.6. The largest absolute Gasteiger partial charge is 0.469 e. The summed E-state index contributed by atoms with van der Waals surface area (Å²) in [4.78, 5) is 24.1. The molecule has 6 nitrogen and oxygen atoms in total. The third-order valence-corrected chi connectivity index (χ3v) is 4.34.